The van der Waals surface area contributed by atoms with Crippen molar-refractivity contribution in [2.24, 2.45) is 0 Å². The van der Waals surface area contributed by atoms with Gasteiger partial charge in [0, 0.05) is 9.52 Å². The minimum Gasteiger partial charge on any atom is -1.00 e. The van der Waals surface area contributed by atoms with E-state index in [1.54, 1.807) is 0 Å². The van der Waals surface area contributed by atoms with Crippen LogP contribution in [-0.2, 0) is 26.2 Å². The van der Waals surface area contributed by atoms with Gasteiger partial charge < -0.3 is 24.8 Å². The van der Waals surface area contributed by atoms with Crippen molar-refractivity contribution in [3.05, 3.63) is 28.3 Å². The van der Waals surface area contributed by atoms with Crippen molar-refractivity contribution in [3.63, 3.8) is 0 Å². The third-order valence-electron chi connectivity index (χ3n) is 2.18. The van der Waals surface area contributed by atoms with E-state index in [0.29, 0.717) is 0 Å². The van der Waals surface area contributed by atoms with Crippen molar-refractivity contribution in [3.8, 4) is 0 Å². The molecule has 86 valence electrons. The summed E-state index contributed by atoms with van der Waals surface area (Å²) in [6.07, 6.45) is 0. The number of hydrogen-bond donors (Lipinski definition) is 0. The van der Waals surface area contributed by atoms with Gasteiger partial charge in [-0.3, -0.25) is 0 Å². The standard InChI is InChI=1S/C9H13.C2H7Si.2ClH.Zr/c1-6-5-7(2)9(4)8(6)3;1-3-2;;;/h5H,1-4H3;3H,1-2H3;2*1H;/q-1;;;;+3/p-2. The predicted molar refractivity (Wildman–Crippen MR) is 59.9 cm³/mol. The van der Waals surface area contributed by atoms with Crippen LogP contribution in [0.2, 0.25) is 13.1 Å². The van der Waals surface area contributed by atoms with Crippen LogP contribution in [0.3, 0.4) is 0 Å². The number of halogens is 2. The van der Waals surface area contributed by atoms with Gasteiger partial charge in [0.1, 0.15) is 0 Å². The Labute approximate surface area is 129 Å². The van der Waals surface area contributed by atoms with Crippen LogP contribution in [0.4, 0.5) is 0 Å². The molecule has 0 fully saturated rings. The van der Waals surface area contributed by atoms with E-state index in [4.69, 9.17) is 0 Å². The van der Waals surface area contributed by atoms with Gasteiger partial charge in [-0.15, -0.1) is 0 Å². The third kappa shape index (κ3) is 8.80. The van der Waals surface area contributed by atoms with Crippen molar-refractivity contribution < 1.29 is 51.0 Å². The monoisotopic (exact) mass is 340 g/mol. The smallest absolute Gasteiger partial charge is 1.00 e. The fraction of sp³-hybridized carbons (Fsp3) is 0.545. The van der Waals surface area contributed by atoms with E-state index in [-0.39, 0.29) is 51.0 Å². The van der Waals surface area contributed by atoms with Crippen LogP contribution in [-0.4, -0.2) is 9.52 Å². The molecule has 0 aliphatic carbocycles. The van der Waals surface area contributed by atoms with Crippen molar-refractivity contribution >= 4 is 9.52 Å². The van der Waals surface area contributed by atoms with Gasteiger partial charge in [0.15, 0.2) is 0 Å². The van der Waals surface area contributed by atoms with E-state index in [1.807, 2.05) is 0 Å². The van der Waals surface area contributed by atoms with E-state index >= 15 is 0 Å². The Balaban J connectivity index is -0.0000000917. The molecule has 0 N–H and O–H groups in total. The molecule has 0 heterocycles. The van der Waals surface area contributed by atoms with Crippen LogP contribution in [0.25, 0.3) is 0 Å². The quantitative estimate of drug-likeness (QED) is 0.352. The van der Waals surface area contributed by atoms with Crippen molar-refractivity contribution in [2.45, 2.75) is 40.8 Å². The maximum atomic E-state index is 2.24. The van der Waals surface area contributed by atoms with Crippen LogP contribution < -0.4 is 24.8 Å². The summed E-state index contributed by atoms with van der Waals surface area (Å²) in [4.78, 5) is 0. The summed E-state index contributed by atoms with van der Waals surface area (Å²) in [5.74, 6) is 0. The second-order valence-corrected chi connectivity index (χ2v) is 4.49. The van der Waals surface area contributed by atoms with Gasteiger partial charge in [0.2, 0.25) is 0 Å². The molecule has 0 unspecified atom stereocenters. The molecule has 0 saturated heterocycles. The summed E-state index contributed by atoms with van der Waals surface area (Å²) in [5, 5.41) is 0. The second-order valence-electron chi connectivity index (χ2n) is 3.34. The Morgan fingerprint density at radius 3 is 1.07 bits per heavy atom. The topological polar surface area (TPSA) is 0 Å². The van der Waals surface area contributed by atoms with Gasteiger partial charge in [-0.25, -0.2) is 0 Å². The number of aryl methyl sites for hydroxylation is 2. The van der Waals surface area contributed by atoms with Crippen molar-refractivity contribution in [1.82, 2.24) is 0 Å². The van der Waals surface area contributed by atoms with Gasteiger partial charge in [0.25, 0.3) is 0 Å². The van der Waals surface area contributed by atoms with Gasteiger partial charge in [0.05, 0.1) is 0 Å². The summed E-state index contributed by atoms with van der Waals surface area (Å²) in [6.45, 7) is 13.1. The first-order valence-electron chi connectivity index (χ1n) is 4.48. The molecule has 0 aliphatic rings. The molecule has 0 spiro atoms. The fourth-order valence-corrected chi connectivity index (χ4v) is 1.13. The molecule has 0 amide bonds. The molecule has 1 rings (SSSR count). The number of rotatable bonds is 0. The molecule has 0 saturated carbocycles. The molecule has 0 aromatic heterocycles. The van der Waals surface area contributed by atoms with Gasteiger partial charge in [-0.05, 0) is 0 Å². The number of hydrogen-bond acceptors (Lipinski definition) is 0. The molecule has 1 aromatic rings. The molecule has 4 heteroatoms. The zero-order valence-electron chi connectivity index (χ0n) is 10.4. The molecule has 15 heavy (non-hydrogen) atoms. The first kappa shape index (κ1) is 25.0. The maximum absolute atomic E-state index is 2.24. The van der Waals surface area contributed by atoms with Crippen LogP contribution in [0.15, 0.2) is 6.07 Å². The van der Waals surface area contributed by atoms with Crippen LogP contribution in [0.5, 0.6) is 0 Å². The molecule has 0 atom stereocenters. The minimum absolute atomic E-state index is 0. The molecular formula is C11H20Cl2SiZr. The van der Waals surface area contributed by atoms with Crippen LogP contribution in [0.1, 0.15) is 22.3 Å². The Morgan fingerprint density at radius 1 is 0.800 bits per heavy atom. The normalized spacial score (nSPS) is 7.33. The summed E-state index contributed by atoms with van der Waals surface area (Å²) in [5.41, 5.74) is 5.75. The molecule has 1 aromatic carbocycles. The Bertz CT molecular complexity index is 224. The SMILES string of the molecule is C[SiH]C.Cc1[cH-]c(C)c(C)c1C.[Cl-].[Cl-].[Zr+3]. The first-order valence-corrected chi connectivity index (χ1v) is 6.79. The summed E-state index contributed by atoms with van der Waals surface area (Å²) in [6, 6.07) is 2.24. The van der Waals surface area contributed by atoms with E-state index in [1.165, 1.54) is 22.3 Å². The predicted octanol–water partition coefficient (Wildman–Crippen LogP) is -2.84. The zero-order valence-corrected chi connectivity index (χ0v) is 15.5. The summed E-state index contributed by atoms with van der Waals surface area (Å²) in [7, 11) is 0.750. The molecule has 2 radical (unpaired) electrons. The maximum Gasteiger partial charge on any atom is 3.00 e. The van der Waals surface area contributed by atoms with E-state index < -0.39 is 0 Å². The Kier molecular flexibility index (Phi) is 21.8. The van der Waals surface area contributed by atoms with Gasteiger partial charge in [-0.1, -0.05) is 40.8 Å². The largest absolute Gasteiger partial charge is 3.00 e. The molecule has 0 bridgehead atoms. The Hall–Kier alpha value is 1.03. The summed E-state index contributed by atoms with van der Waals surface area (Å²) < 4.78 is 0. The van der Waals surface area contributed by atoms with E-state index in [0.717, 1.165) is 9.52 Å². The average Bonchev–Trinajstić information content (AvgIpc) is 2.20. The van der Waals surface area contributed by atoms with Gasteiger partial charge in [-0.2, -0.15) is 28.3 Å². The molecule has 0 aliphatic heterocycles. The van der Waals surface area contributed by atoms with Crippen molar-refractivity contribution in [1.29, 1.82) is 0 Å². The van der Waals surface area contributed by atoms with Crippen molar-refractivity contribution in [2.75, 3.05) is 0 Å². The Morgan fingerprint density at radius 2 is 1.00 bits per heavy atom. The first-order chi connectivity index (χ1) is 5.54. The molecule has 0 nitrogen and oxygen atoms in total. The van der Waals surface area contributed by atoms with E-state index in [9.17, 15) is 0 Å². The van der Waals surface area contributed by atoms with Gasteiger partial charge >= 0.3 is 26.2 Å². The minimum atomic E-state index is 0. The van der Waals surface area contributed by atoms with Crippen LogP contribution in [0, 0.1) is 27.7 Å². The second kappa shape index (κ2) is 13.1. The summed E-state index contributed by atoms with van der Waals surface area (Å²) >= 11 is 0. The average molecular weight is 342 g/mol. The molecular weight excluding hydrogens is 322 g/mol. The zero-order chi connectivity index (χ0) is 9.72. The van der Waals surface area contributed by atoms with Crippen LogP contribution >= 0.6 is 0 Å². The third-order valence-corrected chi connectivity index (χ3v) is 2.18. The van der Waals surface area contributed by atoms with E-state index in [2.05, 4.69) is 46.9 Å². The fourth-order valence-electron chi connectivity index (χ4n) is 1.13.